The SMILES string of the molecule is O=C(c1ccccc1)c1cccc(F)c1NCc1cnc(Cl)s1. The minimum absolute atomic E-state index is 0.186. The van der Waals surface area contributed by atoms with E-state index in [0.717, 1.165) is 4.88 Å². The summed E-state index contributed by atoms with van der Waals surface area (Å²) in [4.78, 5) is 17.4. The van der Waals surface area contributed by atoms with E-state index in [1.165, 1.54) is 23.5 Å². The van der Waals surface area contributed by atoms with Gasteiger partial charge in [0.25, 0.3) is 0 Å². The fraction of sp³-hybridized carbons (Fsp3) is 0.0588. The molecule has 0 atom stereocenters. The summed E-state index contributed by atoms with van der Waals surface area (Å²) in [7, 11) is 0. The molecule has 0 bridgehead atoms. The number of hydrogen-bond donors (Lipinski definition) is 1. The molecule has 3 rings (SSSR count). The first-order chi connectivity index (χ1) is 11.1. The first-order valence-electron chi connectivity index (χ1n) is 6.87. The van der Waals surface area contributed by atoms with Crippen molar-refractivity contribution >= 4 is 34.4 Å². The number of halogens is 2. The van der Waals surface area contributed by atoms with Gasteiger partial charge in [-0.2, -0.15) is 0 Å². The average molecular weight is 347 g/mol. The second kappa shape index (κ2) is 6.89. The molecule has 0 fully saturated rings. The number of thiazole rings is 1. The van der Waals surface area contributed by atoms with Crippen LogP contribution in [0.25, 0.3) is 0 Å². The first-order valence-corrected chi connectivity index (χ1v) is 8.07. The van der Waals surface area contributed by atoms with E-state index in [4.69, 9.17) is 11.6 Å². The topological polar surface area (TPSA) is 42.0 Å². The van der Waals surface area contributed by atoms with Gasteiger partial charge in [0, 0.05) is 22.2 Å². The molecule has 0 unspecified atom stereocenters. The third-order valence-electron chi connectivity index (χ3n) is 3.26. The van der Waals surface area contributed by atoms with E-state index in [-0.39, 0.29) is 11.5 Å². The highest BCUT2D eigenvalue weighted by Crippen LogP contribution is 2.25. The monoisotopic (exact) mass is 346 g/mol. The Kier molecular flexibility index (Phi) is 4.69. The van der Waals surface area contributed by atoms with Gasteiger partial charge < -0.3 is 5.32 Å². The summed E-state index contributed by atoms with van der Waals surface area (Å²) in [5, 5.41) is 2.98. The highest BCUT2D eigenvalue weighted by Gasteiger charge is 2.16. The molecule has 1 N–H and O–H groups in total. The van der Waals surface area contributed by atoms with Crippen molar-refractivity contribution in [1.82, 2.24) is 4.98 Å². The van der Waals surface area contributed by atoms with Crippen molar-refractivity contribution in [2.24, 2.45) is 0 Å². The van der Waals surface area contributed by atoms with E-state index >= 15 is 0 Å². The average Bonchev–Trinajstić information content (AvgIpc) is 2.99. The lowest BCUT2D eigenvalue weighted by Gasteiger charge is -2.11. The third kappa shape index (κ3) is 3.57. The Morgan fingerprint density at radius 3 is 2.65 bits per heavy atom. The lowest BCUT2D eigenvalue weighted by atomic mass is 10.0. The number of carbonyl (C=O) groups excluding carboxylic acids is 1. The largest absolute Gasteiger partial charge is 0.377 e. The van der Waals surface area contributed by atoms with Crippen LogP contribution in [0.4, 0.5) is 10.1 Å². The lowest BCUT2D eigenvalue weighted by molar-refractivity contribution is 0.103. The second-order valence-corrected chi connectivity index (χ2v) is 6.49. The quantitative estimate of drug-likeness (QED) is 0.676. The smallest absolute Gasteiger partial charge is 0.195 e. The Labute approximate surface area is 141 Å². The Balaban J connectivity index is 1.89. The van der Waals surface area contributed by atoms with E-state index in [0.29, 0.717) is 22.1 Å². The van der Waals surface area contributed by atoms with Crippen LogP contribution in [0.2, 0.25) is 4.47 Å². The summed E-state index contributed by atoms with van der Waals surface area (Å²) in [5.74, 6) is -0.697. The maximum absolute atomic E-state index is 14.2. The van der Waals surface area contributed by atoms with Crippen LogP contribution in [0.1, 0.15) is 20.8 Å². The molecule has 2 aromatic carbocycles. The Bertz CT molecular complexity index is 836. The van der Waals surface area contributed by atoms with Gasteiger partial charge in [0.05, 0.1) is 12.2 Å². The van der Waals surface area contributed by atoms with Crippen LogP contribution in [-0.4, -0.2) is 10.8 Å². The summed E-state index contributed by atoms with van der Waals surface area (Å²) in [6.45, 7) is 0.348. The number of nitrogens with one attached hydrogen (secondary N) is 1. The van der Waals surface area contributed by atoms with Crippen LogP contribution in [0.3, 0.4) is 0 Å². The van der Waals surface area contributed by atoms with E-state index in [9.17, 15) is 9.18 Å². The molecule has 0 radical (unpaired) electrons. The highest BCUT2D eigenvalue weighted by molar-refractivity contribution is 7.15. The van der Waals surface area contributed by atoms with E-state index in [1.54, 1.807) is 36.5 Å². The van der Waals surface area contributed by atoms with Crippen molar-refractivity contribution in [3.8, 4) is 0 Å². The van der Waals surface area contributed by atoms with Crippen molar-refractivity contribution in [1.29, 1.82) is 0 Å². The number of rotatable bonds is 5. The molecule has 1 heterocycles. The predicted molar refractivity (Wildman–Crippen MR) is 90.7 cm³/mol. The van der Waals surface area contributed by atoms with Crippen LogP contribution in [0, 0.1) is 5.82 Å². The third-order valence-corrected chi connectivity index (χ3v) is 4.37. The minimum Gasteiger partial charge on any atom is -0.377 e. The number of para-hydroxylation sites is 1. The van der Waals surface area contributed by atoms with Crippen molar-refractivity contribution in [2.45, 2.75) is 6.54 Å². The molecule has 0 aliphatic heterocycles. The fourth-order valence-corrected chi connectivity index (χ4v) is 3.10. The molecule has 3 aromatic rings. The fourth-order valence-electron chi connectivity index (χ4n) is 2.18. The molecular formula is C17H12ClFN2OS. The van der Waals surface area contributed by atoms with Gasteiger partial charge in [0.15, 0.2) is 10.3 Å². The molecule has 0 amide bonds. The van der Waals surface area contributed by atoms with Crippen LogP contribution < -0.4 is 5.32 Å². The van der Waals surface area contributed by atoms with Crippen molar-refractivity contribution in [3.05, 3.63) is 81.0 Å². The molecule has 0 saturated heterocycles. The minimum atomic E-state index is -0.470. The van der Waals surface area contributed by atoms with Gasteiger partial charge in [-0.1, -0.05) is 48.0 Å². The van der Waals surface area contributed by atoms with Crippen molar-refractivity contribution in [3.63, 3.8) is 0 Å². The van der Waals surface area contributed by atoms with Crippen molar-refractivity contribution in [2.75, 3.05) is 5.32 Å². The molecule has 3 nitrogen and oxygen atoms in total. The second-order valence-electron chi connectivity index (χ2n) is 4.79. The van der Waals surface area contributed by atoms with Gasteiger partial charge in [-0.3, -0.25) is 4.79 Å². The van der Waals surface area contributed by atoms with Gasteiger partial charge in [-0.25, -0.2) is 9.37 Å². The van der Waals surface area contributed by atoms with Crippen LogP contribution in [0.5, 0.6) is 0 Å². The summed E-state index contributed by atoms with van der Waals surface area (Å²) in [6, 6.07) is 13.3. The molecule has 0 aliphatic rings. The number of aromatic nitrogens is 1. The van der Waals surface area contributed by atoms with Gasteiger partial charge in [0.2, 0.25) is 0 Å². The van der Waals surface area contributed by atoms with Crippen LogP contribution in [-0.2, 0) is 6.54 Å². The van der Waals surface area contributed by atoms with Crippen molar-refractivity contribution < 1.29 is 9.18 Å². The zero-order valence-corrected chi connectivity index (χ0v) is 13.5. The summed E-state index contributed by atoms with van der Waals surface area (Å²) >= 11 is 7.09. The molecule has 0 spiro atoms. The molecule has 116 valence electrons. The molecule has 0 saturated carbocycles. The Hall–Kier alpha value is -2.24. The maximum Gasteiger partial charge on any atom is 0.195 e. The number of nitrogens with zero attached hydrogens (tertiary/aromatic N) is 1. The Morgan fingerprint density at radius 1 is 1.17 bits per heavy atom. The number of carbonyl (C=O) groups is 1. The zero-order valence-electron chi connectivity index (χ0n) is 11.9. The highest BCUT2D eigenvalue weighted by atomic mass is 35.5. The lowest BCUT2D eigenvalue weighted by Crippen LogP contribution is -2.09. The molecule has 6 heteroatoms. The predicted octanol–water partition coefficient (Wildman–Crippen LogP) is 4.78. The summed E-state index contributed by atoms with van der Waals surface area (Å²) in [5.41, 5.74) is 1.000. The molecule has 1 aromatic heterocycles. The number of ketones is 1. The van der Waals surface area contributed by atoms with E-state index in [2.05, 4.69) is 10.3 Å². The summed E-state index contributed by atoms with van der Waals surface area (Å²) < 4.78 is 14.6. The first kappa shape index (κ1) is 15.6. The maximum atomic E-state index is 14.2. The van der Waals surface area contributed by atoms with E-state index in [1.807, 2.05) is 6.07 Å². The van der Waals surface area contributed by atoms with Gasteiger partial charge in [-0.15, -0.1) is 11.3 Å². The van der Waals surface area contributed by atoms with Gasteiger partial charge in [0.1, 0.15) is 5.82 Å². The van der Waals surface area contributed by atoms with Gasteiger partial charge in [-0.05, 0) is 12.1 Å². The Morgan fingerprint density at radius 2 is 1.96 bits per heavy atom. The zero-order chi connectivity index (χ0) is 16.2. The number of benzene rings is 2. The normalized spacial score (nSPS) is 10.5. The molecule has 0 aliphatic carbocycles. The standard InChI is InChI=1S/C17H12ClFN2OS/c18-17-21-10-12(23-17)9-20-15-13(7-4-8-14(15)19)16(22)11-5-2-1-3-6-11/h1-8,10,20H,9H2. The van der Waals surface area contributed by atoms with Crippen LogP contribution >= 0.6 is 22.9 Å². The van der Waals surface area contributed by atoms with Gasteiger partial charge >= 0.3 is 0 Å². The number of hydrogen-bond acceptors (Lipinski definition) is 4. The number of anilines is 1. The molecular weight excluding hydrogens is 335 g/mol. The molecule has 23 heavy (non-hydrogen) atoms. The van der Waals surface area contributed by atoms with E-state index < -0.39 is 5.82 Å². The van der Waals surface area contributed by atoms with Crippen LogP contribution in [0.15, 0.2) is 54.7 Å². The summed E-state index contributed by atoms with van der Waals surface area (Å²) in [6.07, 6.45) is 1.62.